The molecule has 4 nitrogen and oxygen atoms in total. The monoisotopic (exact) mass is 228 g/mol. The number of aromatic nitrogens is 2. The highest BCUT2D eigenvalue weighted by Crippen LogP contribution is 2.28. The highest BCUT2D eigenvalue weighted by Gasteiger charge is 2.23. The Kier molecular flexibility index (Phi) is 2.21. The summed E-state index contributed by atoms with van der Waals surface area (Å²) in [6.45, 7) is 0. The first kappa shape index (κ1) is 10.1. The van der Waals surface area contributed by atoms with Crippen LogP contribution in [0.5, 0.6) is 5.75 Å². The minimum absolute atomic E-state index is 0.136. The molecule has 1 aromatic carbocycles. The van der Waals surface area contributed by atoms with Crippen LogP contribution in [0.3, 0.4) is 0 Å². The number of fused-ring (bicyclic) bond motifs is 1. The summed E-state index contributed by atoms with van der Waals surface area (Å²) in [7, 11) is 0. The van der Waals surface area contributed by atoms with E-state index in [0.29, 0.717) is 11.4 Å². The predicted molar refractivity (Wildman–Crippen MR) is 62.6 cm³/mol. The van der Waals surface area contributed by atoms with Gasteiger partial charge in [0.1, 0.15) is 17.1 Å². The summed E-state index contributed by atoms with van der Waals surface area (Å²) < 4.78 is 1.55. The Balaban J connectivity index is 2.22. The number of phenolic OH excluding ortho intramolecular Hbond substituents is 1. The maximum Gasteiger partial charge on any atom is 0.168 e. The molecule has 0 amide bonds. The second kappa shape index (κ2) is 3.73. The maximum atomic E-state index is 11.2. The van der Waals surface area contributed by atoms with E-state index in [1.807, 2.05) is 6.07 Å². The largest absolute Gasteiger partial charge is 0.506 e. The van der Waals surface area contributed by atoms with Crippen molar-refractivity contribution in [2.75, 3.05) is 0 Å². The maximum absolute atomic E-state index is 11.2. The van der Waals surface area contributed by atoms with Gasteiger partial charge in [0, 0.05) is 5.56 Å². The highest BCUT2D eigenvalue weighted by molar-refractivity contribution is 5.77. The number of para-hydroxylation sites is 2. The Morgan fingerprint density at radius 3 is 2.88 bits per heavy atom. The molecule has 0 spiro atoms. The van der Waals surface area contributed by atoms with Gasteiger partial charge in [-0.25, -0.2) is 4.68 Å². The minimum atomic E-state index is 0.136. The lowest BCUT2D eigenvalue weighted by atomic mass is 10.2. The van der Waals surface area contributed by atoms with E-state index in [1.165, 1.54) is 0 Å². The molecule has 4 heteroatoms. The zero-order chi connectivity index (χ0) is 11.8. The second-order valence-corrected chi connectivity index (χ2v) is 4.18. The topological polar surface area (TPSA) is 55.1 Å². The molecule has 0 fully saturated rings. The van der Waals surface area contributed by atoms with Gasteiger partial charge in [0.25, 0.3) is 0 Å². The van der Waals surface area contributed by atoms with Crippen LogP contribution in [0.15, 0.2) is 24.3 Å². The van der Waals surface area contributed by atoms with Crippen molar-refractivity contribution in [3.05, 3.63) is 41.2 Å². The molecule has 2 aromatic rings. The number of nitrogens with zero attached hydrogens (tertiary/aromatic N) is 2. The lowest BCUT2D eigenvalue weighted by Gasteiger charge is -2.06. The number of benzene rings is 1. The molecular weight excluding hydrogens is 216 g/mol. The third kappa shape index (κ3) is 1.45. The molecule has 0 saturated heterocycles. The Bertz CT molecular complexity index is 587. The van der Waals surface area contributed by atoms with Crippen molar-refractivity contribution in [3.8, 4) is 11.4 Å². The fourth-order valence-electron chi connectivity index (χ4n) is 2.36. The number of aldehydes is 1. The van der Waals surface area contributed by atoms with E-state index in [9.17, 15) is 9.90 Å². The standard InChI is InChI=1S/C13H12N2O2/c16-8-12-9-4-3-5-10(9)14-15(12)11-6-1-2-7-13(11)17/h1-2,6-8,17H,3-5H2. The van der Waals surface area contributed by atoms with Gasteiger partial charge in [0.2, 0.25) is 0 Å². The van der Waals surface area contributed by atoms with Gasteiger partial charge in [-0.05, 0) is 31.4 Å². The quantitative estimate of drug-likeness (QED) is 0.798. The van der Waals surface area contributed by atoms with Gasteiger partial charge in [-0.1, -0.05) is 12.1 Å². The molecule has 0 atom stereocenters. The average molecular weight is 228 g/mol. The van der Waals surface area contributed by atoms with E-state index in [2.05, 4.69) is 5.10 Å². The van der Waals surface area contributed by atoms with Gasteiger partial charge < -0.3 is 5.11 Å². The normalized spacial score (nSPS) is 13.6. The van der Waals surface area contributed by atoms with E-state index in [0.717, 1.165) is 36.8 Å². The SMILES string of the molecule is O=Cc1c2c(nn1-c1ccccc1O)CCC2. The van der Waals surface area contributed by atoms with Crippen molar-refractivity contribution in [1.29, 1.82) is 0 Å². The van der Waals surface area contributed by atoms with Crippen LogP contribution in [-0.2, 0) is 12.8 Å². The van der Waals surface area contributed by atoms with E-state index < -0.39 is 0 Å². The van der Waals surface area contributed by atoms with Crippen LogP contribution < -0.4 is 0 Å². The summed E-state index contributed by atoms with van der Waals surface area (Å²) in [4.78, 5) is 11.2. The summed E-state index contributed by atoms with van der Waals surface area (Å²) in [5, 5.41) is 14.2. The number of rotatable bonds is 2. The third-order valence-corrected chi connectivity index (χ3v) is 3.17. The molecule has 0 saturated carbocycles. The Labute approximate surface area is 98.5 Å². The highest BCUT2D eigenvalue weighted by atomic mass is 16.3. The lowest BCUT2D eigenvalue weighted by molar-refractivity contribution is 0.111. The van der Waals surface area contributed by atoms with E-state index >= 15 is 0 Å². The van der Waals surface area contributed by atoms with Crippen molar-refractivity contribution < 1.29 is 9.90 Å². The van der Waals surface area contributed by atoms with Crippen molar-refractivity contribution >= 4 is 6.29 Å². The third-order valence-electron chi connectivity index (χ3n) is 3.17. The summed E-state index contributed by atoms with van der Waals surface area (Å²) in [5.41, 5.74) is 3.14. The van der Waals surface area contributed by atoms with Gasteiger partial charge >= 0.3 is 0 Å². The van der Waals surface area contributed by atoms with Crippen LogP contribution in [-0.4, -0.2) is 21.2 Å². The molecule has 0 aliphatic heterocycles. The number of hydrogen-bond acceptors (Lipinski definition) is 3. The van der Waals surface area contributed by atoms with Gasteiger partial charge in [-0.3, -0.25) is 4.79 Å². The first-order chi connectivity index (χ1) is 8.31. The van der Waals surface area contributed by atoms with Crippen LogP contribution in [0.2, 0.25) is 0 Å². The van der Waals surface area contributed by atoms with Crippen LogP contribution in [0.25, 0.3) is 5.69 Å². The van der Waals surface area contributed by atoms with Crippen molar-refractivity contribution in [2.24, 2.45) is 0 Å². The zero-order valence-corrected chi connectivity index (χ0v) is 9.26. The molecule has 0 radical (unpaired) electrons. The van der Waals surface area contributed by atoms with Gasteiger partial charge in [-0.2, -0.15) is 5.10 Å². The molecule has 1 aliphatic carbocycles. The van der Waals surface area contributed by atoms with Crippen LogP contribution >= 0.6 is 0 Å². The number of carbonyl (C=O) groups is 1. The van der Waals surface area contributed by atoms with Crippen LogP contribution in [0.1, 0.15) is 28.2 Å². The fourth-order valence-corrected chi connectivity index (χ4v) is 2.36. The number of carbonyl (C=O) groups excluding carboxylic acids is 1. The van der Waals surface area contributed by atoms with Crippen molar-refractivity contribution in [1.82, 2.24) is 9.78 Å². The molecule has 86 valence electrons. The van der Waals surface area contributed by atoms with E-state index in [1.54, 1.807) is 22.9 Å². The smallest absolute Gasteiger partial charge is 0.168 e. The van der Waals surface area contributed by atoms with Gasteiger partial charge in [-0.15, -0.1) is 0 Å². The van der Waals surface area contributed by atoms with E-state index in [-0.39, 0.29) is 5.75 Å². The Morgan fingerprint density at radius 1 is 1.29 bits per heavy atom. The zero-order valence-electron chi connectivity index (χ0n) is 9.26. The van der Waals surface area contributed by atoms with Crippen molar-refractivity contribution in [2.45, 2.75) is 19.3 Å². The summed E-state index contributed by atoms with van der Waals surface area (Å²) in [6.07, 6.45) is 3.69. The number of aryl methyl sites for hydroxylation is 1. The fraction of sp³-hybridized carbons (Fsp3) is 0.231. The molecule has 1 aromatic heterocycles. The molecule has 1 N–H and O–H groups in total. The number of hydrogen-bond donors (Lipinski definition) is 1. The summed E-state index contributed by atoms with van der Waals surface area (Å²) in [6, 6.07) is 6.91. The summed E-state index contributed by atoms with van der Waals surface area (Å²) in [5.74, 6) is 0.136. The Morgan fingerprint density at radius 2 is 2.12 bits per heavy atom. The first-order valence-electron chi connectivity index (χ1n) is 5.65. The summed E-state index contributed by atoms with van der Waals surface area (Å²) >= 11 is 0. The molecule has 0 bridgehead atoms. The minimum Gasteiger partial charge on any atom is -0.506 e. The van der Waals surface area contributed by atoms with Gasteiger partial charge in [0.15, 0.2) is 6.29 Å². The molecule has 3 rings (SSSR count). The first-order valence-corrected chi connectivity index (χ1v) is 5.65. The molecule has 17 heavy (non-hydrogen) atoms. The molecule has 0 unspecified atom stereocenters. The molecular formula is C13H12N2O2. The Hall–Kier alpha value is -2.10. The van der Waals surface area contributed by atoms with Gasteiger partial charge in [0.05, 0.1) is 5.69 Å². The molecule has 1 aliphatic rings. The van der Waals surface area contributed by atoms with Crippen LogP contribution in [0.4, 0.5) is 0 Å². The molecule has 1 heterocycles. The van der Waals surface area contributed by atoms with Crippen molar-refractivity contribution in [3.63, 3.8) is 0 Å². The predicted octanol–water partition coefficient (Wildman–Crippen LogP) is 1.88. The van der Waals surface area contributed by atoms with E-state index in [4.69, 9.17) is 0 Å². The lowest BCUT2D eigenvalue weighted by Crippen LogP contribution is -2.03. The number of phenols is 1. The second-order valence-electron chi connectivity index (χ2n) is 4.18. The number of aromatic hydroxyl groups is 1. The van der Waals surface area contributed by atoms with Crippen LogP contribution in [0, 0.1) is 0 Å². The average Bonchev–Trinajstić information content (AvgIpc) is 2.89.